The zero-order valence-corrected chi connectivity index (χ0v) is 23.1. The van der Waals surface area contributed by atoms with Crippen molar-refractivity contribution in [1.29, 1.82) is 0 Å². The average molecular weight is 551 g/mol. The van der Waals surface area contributed by atoms with Crippen LogP contribution in [0, 0.1) is 12.7 Å². The van der Waals surface area contributed by atoms with Gasteiger partial charge in [0.25, 0.3) is 0 Å². The number of aromatic amines is 1. The molecule has 5 rings (SSSR count). The largest absolute Gasteiger partial charge is 0.464 e. The summed E-state index contributed by atoms with van der Waals surface area (Å²) in [6.45, 7) is 7.13. The topological polar surface area (TPSA) is 120 Å². The lowest BCUT2D eigenvalue weighted by Crippen LogP contribution is -2.55. The van der Waals surface area contributed by atoms with Crippen LogP contribution in [0.15, 0.2) is 30.3 Å². The molecule has 1 unspecified atom stereocenters. The molecule has 212 valence electrons. The molecular weight excluding hydrogens is 515 g/mol. The van der Waals surface area contributed by atoms with Crippen molar-refractivity contribution in [3.8, 4) is 0 Å². The smallest absolute Gasteiger partial charge is 0.329 e. The van der Waals surface area contributed by atoms with Gasteiger partial charge < -0.3 is 25.2 Å². The first kappa shape index (κ1) is 27.4. The Morgan fingerprint density at radius 2 is 2.00 bits per heavy atom. The number of anilines is 1. The number of likely N-dealkylation sites (tertiary alicyclic amines) is 1. The molecule has 0 bridgehead atoms. The highest BCUT2D eigenvalue weighted by molar-refractivity contribution is 5.92. The van der Waals surface area contributed by atoms with Crippen LogP contribution in [-0.4, -0.2) is 69.8 Å². The first-order chi connectivity index (χ1) is 19.3. The lowest BCUT2D eigenvalue weighted by Gasteiger charge is -2.40. The van der Waals surface area contributed by atoms with E-state index in [0.29, 0.717) is 38.9 Å². The number of H-pyrrole nitrogens is 1. The first-order valence-electron chi connectivity index (χ1n) is 13.8. The first-order valence-corrected chi connectivity index (χ1v) is 13.8. The molecule has 10 nitrogen and oxygen atoms in total. The number of esters is 1. The number of fused-ring (bicyclic) bond motifs is 2. The number of carbonyl (C=O) groups excluding carboxylic acids is 3. The van der Waals surface area contributed by atoms with Crippen LogP contribution in [0.5, 0.6) is 0 Å². The van der Waals surface area contributed by atoms with Gasteiger partial charge in [0.15, 0.2) is 0 Å². The number of benzene rings is 2. The molecule has 1 aromatic heterocycles. The number of rotatable bonds is 7. The fraction of sp³-hybridized carbons (Fsp3) is 0.448. The molecule has 0 radical (unpaired) electrons. The Balaban J connectivity index is 1.24. The molecule has 1 atom stereocenters. The third kappa shape index (κ3) is 5.45. The number of piperidine rings is 1. The van der Waals surface area contributed by atoms with Crippen molar-refractivity contribution in [3.05, 3.63) is 58.5 Å². The van der Waals surface area contributed by atoms with Crippen LogP contribution < -0.4 is 10.6 Å². The summed E-state index contributed by atoms with van der Waals surface area (Å²) in [6.07, 6.45) is 2.23. The third-order valence-electron chi connectivity index (χ3n) is 7.80. The standard InChI is InChI=1S/C29H35FN6O4/c1-4-19-13-18(14-22-17(3)33-34-25(19)22)15-24(27(37)40-5-2)31-28(38)35-11-9-21(10-12-35)36-16-20-7-6-8-23(30)26(20)32-29(36)39/h6-8,13-14,21,24H,4-5,9-12,15-16H2,1-3H3,(H,31,38)(H,32,39)(H,33,34). The van der Waals surface area contributed by atoms with Crippen LogP contribution in [-0.2, 0) is 28.9 Å². The minimum absolute atomic E-state index is 0.0845. The van der Waals surface area contributed by atoms with E-state index in [1.807, 2.05) is 19.1 Å². The van der Waals surface area contributed by atoms with E-state index in [4.69, 9.17) is 4.74 Å². The molecule has 1 fully saturated rings. The summed E-state index contributed by atoms with van der Waals surface area (Å²) in [5.74, 6) is -0.928. The van der Waals surface area contributed by atoms with Gasteiger partial charge in [0.2, 0.25) is 0 Å². The third-order valence-corrected chi connectivity index (χ3v) is 7.80. The molecule has 3 heterocycles. The van der Waals surface area contributed by atoms with E-state index in [1.165, 1.54) is 6.07 Å². The maximum atomic E-state index is 14.1. The van der Waals surface area contributed by atoms with Crippen molar-refractivity contribution >= 4 is 34.6 Å². The number of nitrogens with one attached hydrogen (secondary N) is 3. The molecule has 3 N–H and O–H groups in total. The molecule has 3 aromatic rings. The highest BCUT2D eigenvalue weighted by Gasteiger charge is 2.34. The van der Waals surface area contributed by atoms with Crippen LogP contribution >= 0.6 is 0 Å². The van der Waals surface area contributed by atoms with Gasteiger partial charge in [-0.25, -0.2) is 18.8 Å². The van der Waals surface area contributed by atoms with Gasteiger partial charge in [-0.2, -0.15) is 5.10 Å². The Bertz CT molecular complexity index is 1430. The fourth-order valence-electron chi connectivity index (χ4n) is 5.63. The predicted molar refractivity (Wildman–Crippen MR) is 148 cm³/mol. The number of para-hydroxylation sites is 1. The van der Waals surface area contributed by atoms with Gasteiger partial charge >= 0.3 is 18.0 Å². The van der Waals surface area contributed by atoms with E-state index in [-0.39, 0.29) is 30.4 Å². The number of urea groups is 2. The number of aromatic nitrogens is 2. The Kier molecular flexibility index (Phi) is 7.90. The summed E-state index contributed by atoms with van der Waals surface area (Å²) < 4.78 is 19.4. The Labute approximate surface area is 232 Å². The number of hydrogen-bond acceptors (Lipinski definition) is 5. The van der Waals surface area contributed by atoms with Gasteiger partial charge in [-0.15, -0.1) is 0 Å². The van der Waals surface area contributed by atoms with Crippen molar-refractivity contribution < 1.29 is 23.5 Å². The van der Waals surface area contributed by atoms with Gasteiger partial charge in [-0.1, -0.05) is 25.1 Å². The Hall–Kier alpha value is -4.15. The number of amides is 4. The zero-order valence-electron chi connectivity index (χ0n) is 23.1. The minimum atomic E-state index is -0.848. The Morgan fingerprint density at radius 1 is 1.23 bits per heavy atom. The summed E-state index contributed by atoms with van der Waals surface area (Å²) in [5, 5.41) is 14.0. The number of carbonyl (C=O) groups is 3. The van der Waals surface area contributed by atoms with Gasteiger partial charge in [-0.05, 0) is 61.9 Å². The number of nitrogens with zero attached hydrogens (tertiary/aromatic N) is 3. The summed E-state index contributed by atoms with van der Waals surface area (Å²) in [7, 11) is 0. The van der Waals surface area contributed by atoms with Crippen LogP contribution in [0.3, 0.4) is 0 Å². The maximum Gasteiger partial charge on any atom is 0.329 e. The van der Waals surface area contributed by atoms with E-state index in [0.717, 1.165) is 39.7 Å². The molecule has 2 aliphatic heterocycles. The highest BCUT2D eigenvalue weighted by Crippen LogP contribution is 2.30. The molecule has 2 aliphatic rings. The number of halogens is 1. The molecule has 1 saturated heterocycles. The number of hydrogen-bond donors (Lipinski definition) is 3. The summed E-state index contributed by atoms with van der Waals surface area (Å²) in [4.78, 5) is 42.2. The molecule has 11 heteroatoms. The molecular formula is C29H35FN6O4. The van der Waals surface area contributed by atoms with Crippen molar-refractivity contribution in [2.45, 2.75) is 65.1 Å². The summed E-state index contributed by atoms with van der Waals surface area (Å²) in [6, 6.07) is 7.19. The Morgan fingerprint density at radius 3 is 2.73 bits per heavy atom. The van der Waals surface area contributed by atoms with Crippen LogP contribution in [0.4, 0.5) is 19.7 Å². The second-order valence-corrected chi connectivity index (χ2v) is 10.4. The van der Waals surface area contributed by atoms with E-state index < -0.39 is 17.8 Å². The zero-order chi connectivity index (χ0) is 28.4. The SMILES string of the molecule is CCOC(=O)C(Cc1cc(CC)c2n[nH]c(C)c2c1)NC(=O)N1CCC(N2Cc3cccc(F)c3NC2=O)CC1. The highest BCUT2D eigenvalue weighted by atomic mass is 19.1. The van der Waals surface area contributed by atoms with E-state index >= 15 is 0 Å². The van der Waals surface area contributed by atoms with Gasteiger partial charge in [-0.3, -0.25) is 5.10 Å². The second kappa shape index (κ2) is 11.5. The van der Waals surface area contributed by atoms with Crippen LogP contribution in [0.25, 0.3) is 10.9 Å². The average Bonchev–Trinajstić information content (AvgIpc) is 3.33. The summed E-state index contributed by atoms with van der Waals surface area (Å²) in [5.41, 5.74) is 4.81. The predicted octanol–water partition coefficient (Wildman–Crippen LogP) is 4.27. The lowest BCUT2D eigenvalue weighted by atomic mass is 9.98. The maximum absolute atomic E-state index is 14.1. The normalized spacial score (nSPS) is 16.4. The quantitative estimate of drug-likeness (QED) is 0.380. The molecule has 4 amide bonds. The van der Waals surface area contributed by atoms with E-state index in [1.54, 1.807) is 28.9 Å². The van der Waals surface area contributed by atoms with E-state index in [9.17, 15) is 18.8 Å². The molecule has 2 aromatic carbocycles. The van der Waals surface area contributed by atoms with Crippen LogP contribution in [0.1, 0.15) is 49.1 Å². The van der Waals surface area contributed by atoms with Gasteiger partial charge in [0, 0.05) is 43.2 Å². The van der Waals surface area contributed by atoms with Crippen molar-refractivity contribution in [2.75, 3.05) is 25.0 Å². The molecule has 0 saturated carbocycles. The van der Waals surface area contributed by atoms with Gasteiger partial charge in [0.05, 0.1) is 17.8 Å². The fourth-order valence-corrected chi connectivity index (χ4v) is 5.63. The number of ether oxygens (including phenoxy) is 1. The summed E-state index contributed by atoms with van der Waals surface area (Å²) >= 11 is 0. The van der Waals surface area contributed by atoms with Crippen molar-refractivity contribution in [1.82, 2.24) is 25.3 Å². The lowest BCUT2D eigenvalue weighted by molar-refractivity contribution is -0.145. The molecule has 40 heavy (non-hydrogen) atoms. The van der Waals surface area contributed by atoms with E-state index in [2.05, 4.69) is 27.8 Å². The molecule has 0 aliphatic carbocycles. The second-order valence-electron chi connectivity index (χ2n) is 10.4. The number of aryl methyl sites for hydroxylation is 2. The molecule has 0 spiro atoms. The minimum Gasteiger partial charge on any atom is -0.464 e. The van der Waals surface area contributed by atoms with Crippen molar-refractivity contribution in [3.63, 3.8) is 0 Å². The monoisotopic (exact) mass is 550 g/mol. The van der Waals surface area contributed by atoms with Crippen molar-refractivity contribution in [2.24, 2.45) is 0 Å². The van der Waals surface area contributed by atoms with Gasteiger partial charge in [0.1, 0.15) is 11.9 Å². The van der Waals surface area contributed by atoms with Crippen LogP contribution in [0.2, 0.25) is 0 Å².